The molecule has 2 aromatic carbocycles. The second-order valence-corrected chi connectivity index (χ2v) is 5.93. The number of carbonyl (C=O) groups is 2. The van der Waals surface area contributed by atoms with Gasteiger partial charge >= 0.3 is 5.97 Å². The normalized spacial score (nSPS) is 11.6. The molecular formula is C17H17BrN2O3. The van der Waals surface area contributed by atoms with Gasteiger partial charge in [0.25, 0.3) is 5.91 Å². The second-order valence-electron chi connectivity index (χ2n) is 5.01. The highest BCUT2D eigenvalue weighted by atomic mass is 79.9. The molecule has 0 saturated carbocycles. The number of benzene rings is 2. The molecule has 6 heteroatoms. The number of hydrogen-bond acceptors (Lipinski definition) is 4. The maximum atomic E-state index is 12.4. The van der Waals surface area contributed by atoms with Gasteiger partial charge in [-0.1, -0.05) is 34.1 Å². The molecule has 0 aliphatic heterocycles. The maximum Gasteiger partial charge on any atom is 0.341 e. The minimum Gasteiger partial charge on any atom is -0.449 e. The summed E-state index contributed by atoms with van der Waals surface area (Å²) in [7, 11) is 1.63. The van der Waals surface area contributed by atoms with Crippen molar-refractivity contribution < 1.29 is 14.3 Å². The number of esters is 1. The third kappa shape index (κ3) is 4.10. The van der Waals surface area contributed by atoms with Gasteiger partial charge in [-0.2, -0.15) is 0 Å². The summed E-state index contributed by atoms with van der Waals surface area (Å²) < 4.78 is 5.95. The fourth-order valence-electron chi connectivity index (χ4n) is 2.03. The van der Waals surface area contributed by atoms with Crippen LogP contribution in [0.1, 0.15) is 17.3 Å². The van der Waals surface area contributed by atoms with Gasteiger partial charge < -0.3 is 15.4 Å². The van der Waals surface area contributed by atoms with Gasteiger partial charge in [0.15, 0.2) is 6.10 Å². The highest BCUT2D eigenvalue weighted by Gasteiger charge is 2.24. The van der Waals surface area contributed by atoms with Crippen molar-refractivity contribution in [3.63, 3.8) is 0 Å². The molecule has 5 nitrogen and oxygen atoms in total. The number of likely N-dealkylation sites (N-methyl/N-ethyl adjacent to an activating group) is 1. The van der Waals surface area contributed by atoms with E-state index in [1.54, 1.807) is 37.4 Å². The molecule has 2 rings (SSSR count). The molecule has 0 aromatic heterocycles. The van der Waals surface area contributed by atoms with E-state index in [-0.39, 0.29) is 11.5 Å². The molecule has 0 spiro atoms. The van der Waals surface area contributed by atoms with Gasteiger partial charge in [-0.05, 0) is 37.3 Å². The molecule has 0 radical (unpaired) electrons. The Labute approximate surface area is 143 Å². The topological polar surface area (TPSA) is 72.6 Å². The van der Waals surface area contributed by atoms with Crippen LogP contribution in [-0.2, 0) is 9.53 Å². The van der Waals surface area contributed by atoms with E-state index in [1.165, 1.54) is 11.8 Å². The van der Waals surface area contributed by atoms with Crippen LogP contribution >= 0.6 is 15.9 Å². The number of amides is 1. The van der Waals surface area contributed by atoms with E-state index in [0.717, 1.165) is 5.69 Å². The second kappa shape index (κ2) is 7.28. The van der Waals surface area contributed by atoms with E-state index >= 15 is 0 Å². The molecule has 23 heavy (non-hydrogen) atoms. The van der Waals surface area contributed by atoms with Crippen LogP contribution in [0.2, 0.25) is 0 Å². The van der Waals surface area contributed by atoms with Crippen LogP contribution in [0.25, 0.3) is 0 Å². The number of nitrogens with two attached hydrogens (primary N) is 1. The van der Waals surface area contributed by atoms with E-state index < -0.39 is 12.1 Å². The van der Waals surface area contributed by atoms with Crippen LogP contribution < -0.4 is 10.6 Å². The lowest BCUT2D eigenvalue weighted by Gasteiger charge is -2.21. The van der Waals surface area contributed by atoms with Crippen molar-refractivity contribution in [2.75, 3.05) is 17.7 Å². The van der Waals surface area contributed by atoms with Crippen molar-refractivity contribution in [2.24, 2.45) is 0 Å². The molecule has 0 heterocycles. The molecule has 1 unspecified atom stereocenters. The zero-order valence-corrected chi connectivity index (χ0v) is 14.4. The number of para-hydroxylation sites is 1. The summed E-state index contributed by atoms with van der Waals surface area (Å²) >= 11 is 3.28. The van der Waals surface area contributed by atoms with Crippen molar-refractivity contribution in [3.8, 4) is 0 Å². The zero-order valence-electron chi connectivity index (χ0n) is 12.8. The third-order valence-corrected chi connectivity index (χ3v) is 3.83. The number of carbonyl (C=O) groups excluding carboxylic acids is 2. The first kappa shape index (κ1) is 17.0. The molecule has 120 valence electrons. The van der Waals surface area contributed by atoms with E-state index in [9.17, 15) is 9.59 Å². The Morgan fingerprint density at radius 1 is 1.17 bits per heavy atom. The standard InChI is InChI=1S/C17H17BrN2O3/c1-11(16(21)20(2)13-6-4-3-5-7-13)23-17(22)14-10-12(18)8-9-15(14)19/h3-11H,19H2,1-2H3. The number of ether oxygens (including phenoxy) is 1. The molecule has 0 aliphatic carbocycles. The minimum absolute atomic E-state index is 0.224. The SMILES string of the molecule is CC(OC(=O)c1cc(Br)ccc1N)C(=O)N(C)c1ccccc1. The molecular weight excluding hydrogens is 360 g/mol. The summed E-state index contributed by atoms with van der Waals surface area (Å²) in [4.78, 5) is 26.0. The summed E-state index contributed by atoms with van der Waals surface area (Å²) in [6.45, 7) is 1.54. The summed E-state index contributed by atoms with van der Waals surface area (Å²) in [5.41, 5.74) is 7.02. The number of nitrogen functional groups attached to an aromatic ring is 1. The molecule has 0 saturated heterocycles. The highest BCUT2D eigenvalue weighted by molar-refractivity contribution is 9.10. The first-order valence-corrected chi connectivity index (χ1v) is 7.78. The minimum atomic E-state index is -0.925. The number of rotatable bonds is 4. The predicted octanol–water partition coefficient (Wildman–Crippen LogP) is 3.24. The lowest BCUT2D eigenvalue weighted by molar-refractivity contribution is -0.126. The van der Waals surface area contributed by atoms with Gasteiger partial charge in [0, 0.05) is 22.9 Å². The van der Waals surface area contributed by atoms with Crippen LogP contribution in [0.3, 0.4) is 0 Å². The van der Waals surface area contributed by atoms with Gasteiger partial charge in [-0.25, -0.2) is 4.79 Å². The average Bonchev–Trinajstić information content (AvgIpc) is 2.56. The predicted molar refractivity (Wildman–Crippen MR) is 93.3 cm³/mol. The van der Waals surface area contributed by atoms with E-state index in [2.05, 4.69) is 15.9 Å². The quantitative estimate of drug-likeness (QED) is 0.656. The summed E-state index contributed by atoms with van der Waals surface area (Å²) in [5, 5.41) is 0. The summed E-state index contributed by atoms with van der Waals surface area (Å²) in [6, 6.07) is 14.0. The molecule has 1 atom stereocenters. The van der Waals surface area contributed by atoms with Crippen molar-refractivity contribution >= 4 is 39.2 Å². The summed E-state index contributed by atoms with van der Waals surface area (Å²) in [5.74, 6) is -0.954. The Balaban J connectivity index is 2.09. The lowest BCUT2D eigenvalue weighted by atomic mass is 10.2. The van der Waals surface area contributed by atoms with Crippen molar-refractivity contribution in [2.45, 2.75) is 13.0 Å². The Hall–Kier alpha value is -2.34. The van der Waals surface area contributed by atoms with E-state index in [0.29, 0.717) is 10.2 Å². The van der Waals surface area contributed by atoms with E-state index in [4.69, 9.17) is 10.5 Å². The lowest BCUT2D eigenvalue weighted by Crippen LogP contribution is -2.37. The van der Waals surface area contributed by atoms with Crippen molar-refractivity contribution in [1.82, 2.24) is 0 Å². The molecule has 0 fully saturated rings. The fourth-order valence-corrected chi connectivity index (χ4v) is 2.39. The van der Waals surface area contributed by atoms with Gasteiger partial charge in [0.2, 0.25) is 0 Å². The number of hydrogen-bond donors (Lipinski definition) is 1. The third-order valence-electron chi connectivity index (χ3n) is 3.34. The van der Waals surface area contributed by atoms with Crippen molar-refractivity contribution in [3.05, 3.63) is 58.6 Å². The van der Waals surface area contributed by atoms with Crippen LogP contribution in [0.4, 0.5) is 11.4 Å². The first-order chi connectivity index (χ1) is 10.9. The van der Waals surface area contributed by atoms with Crippen LogP contribution in [-0.4, -0.2) is 25.0 Å². The molecule has 2 N–H and O–H groups in total. The van der Waals surface area contributed by atoms with E-state index in [1.807, 2.05) is 18.2 Å². The monoisotopic (exact) mass is 376 g/mol. The Morgan fingerprint density at radius 3 is 2.48 bits per heavy atom. The largest absolute Gasteiger partial charge is 0.449 e. The Kier molecular flexibility index (Phi) is 5.39. The molecule has 0 bridgehead atoms. The number of halogens is 1. The zero-order chi connectivity index (χ0) is 17.0. The van der Waals surface area contributed by atoms with Crippen LogP contribution in [0.5, 0.6) is 0 Å². The van der Waals surface area contributed by atoms with Crippen LogP contribution in [0.15, 0.2) is 53.0 Å². The highest BCUT2D eigenvalue weighted by Crippen LogP contribution is 2.20. The van der Waals surface area contributed by atoms with Crippen molar-refractivity contribution in [1.29, 1.82) is 0 Å². The Bertz CT molecular complexity index is 719. The number of anilines is 2. The van der Waals surface area contributed by atoms with Gasteiger partial charge in [-0.15, -0.1) is 0 Å². The van der Waals surface area contributed by atoms with Crippen LogP contribution in [0, 0.1) is 0 Å². The average molecular weight is 377 g/mol. The number of nitrogens with zero attached hydrogens (tertiary/aromatic N) is 1. The smallest absolute Gasteiger partial charge is 0.341 e. The maximum absolute atomic E-state index is 12.4. The van der Waals surface area contributed by atoms with Gasteiger partial charge in [0.1, 0.15) is 0 Å². The first-order valence-electron chi connectivity index (χ1n) is 6.98. The molecule has 0 aliphatic rings. The molecule has 2 aromatic rings. The Morgan fingerprint density at radius 2 is 1.83 bits per heavy atom. The molecule has 1 amide bonds. The van der Waals surface area contributed by atoms with Gasteiger partial charge in [-0.3, -0.25) is 4.79 Å². The summed E-state index contributed by atoms with van der Waals surface area (Å²) in [6.07, 6.45) is -0.925. The van der Waals surface area contributed by atoms with Gasteiger partial charge in [0.05, 0.1) is 5.56 Å². The fraction of sp³-hybridized carbons (Fsp3) is 0.176.